The predicted octanol–water partition coefficient (Wildman–Crippen LogP) is 5.96. The largest absolute Gasteiger partial charge is 0.497 e. The van der Waals surface area contributed by atoms with E-state index >= 15 is 0 Å². The third kappa shape index (κ3) is 4.56. The summed E-state index contributed by atoms with van der Waals surface area (Å²) in [5.41, 5.74) is -0.447. The molecule has 10 heteroatoms. The predicted molar refractivity (Wildman–Crippen MR) is 122 cm³/mol. The van der Waals surface area contributed by atoms with Gasteiger partial charge in [0, 0.05) is 5.56 Å². The number of rotatable bonds is 6. The number of ether oxygens (including phenoxy) is 1. The molecule has 176 valence electrons. The highest BCUT2D eigenvalue weighted by Gasteiger charge is 2.37. The number of amides is 1. The highest BCUT2D eigenvalue weighted by Crippen LogP contribution is 2.35. The summed E-state index contributed by atoms with van der Waals surface area (Å²) in [4.78, 5) is 17.3. The first kappa shape index (κ1) is 23.6. The van der Waals surface area contributed by atoms with Crippen molar-refractivity contribution in [2.24, 2.45) is 0 Å². The van der Waals surface area contributed by atoms with Crippen LogP contribution in [0.4, 0.5) is 13.2 Å². The Bertz CT molecular complexity index is 1340. The minimum Gasteiger partial charge on any atom is -0.497 e. The molecule has 0 saturated heterocycles. The number of halogens is 4. The maximum Gasteiger partial charge on any atom is 0.433 e. The maximum absolute atomic E-state index is 13.9. The molecule has 0 spiro atoms. The molecule has 4 aromatic rings. The molecule has 0 aliphatic rings. The first-order valence-electron chi connectivity index (χ1n) is 10.4. The van der Waals surface area contributed by atoms with Gasteiger partial charge in [-0.2, -0.15) is 18.3 Å². The summed E-state index contributed by atoms with van der Waals surface area (Å²) in [7, 11) is 1.45. The number of methoxy groups -OCH3 is 1. The van der Waals surface area contributed by atoms with Gasteiger partial charge in [-0.25, -0.2) is 9.50 Å². The summed E-state index contributed by atoms with van der Waals surface area (Å²) in [5, 5.41) is 6.42. The lowest BCUT2D eigenvalue weighted by molar-refractivity contribution is -0.142. The van der Waals surface area contributed by atoms with E-state index in [-0.39, 0.29) is 28.1 Å². The van der Waals surface area contributed by atoms with Crippen molar-refractivity contribution in [2.45, 2.75) is 25.6 Å². The summed E-state index contributed by atoms with van der Waals surface area (Å²) < 4.78 is 47.5. The quantitative estimate of drug-likeness (QED) is 0.363. The molecule has 34 heavy (non-hydrogen) atoms. The number of alkyl halides is 3. The number of hydrogen-bond acceptors (Lipinski definition) is 4. The van der Waals surface area contributed by atoms with Crippen molar-refractivity contribution in [3.8, 4) is 17.0 Å². The van der Waals surface area contributed by atoms with Crippen LogP contribution in [0.25, 0.3) is 16.9 Å². The van der Waals surface area contributed by atoms with Crippen LogP contribution in [0.1, 0.15) is 41.1 Å². The first-order valence-corrected chi connectivity index (χ1v) is 10.8. The van der Waals surface area contributed by atoms with Crippen molar-refractivity contribution < 1.29 is 22.7 Å². The molecular weight excluding hydrogens is 469 g/mol. The SMILES string of the molecule is CCC(NC(=O)c1nn2c(C(F)(F)F)cc(-c3cccc(OC)c3)nc2c1Cl)c1ccccc1. The number of carbonyl (C=O) groups is 1. The highest BCUT2D eigenvalue weighted by molar-refractivity contribution is 6.36. The Kier molecular flexibility index (Phi) is 6.47. The summed E-state index contributed by atoms with van der Waals surface area (Å²) >= 11 is 6.37. The second-order valence-corrected chi connectivity index (χ2v) is 7.88. The Hall–Kier alpha value is -3.59. The van der Waals surface area contributed by atoms with Gasteiger partial charge in [-0.3, -0.25) is 4.79 Å². The van der Waals surface area contributed by atoms with E-state index in [0.717, 1.165) is 11.6 Å². The minimum absolute atomic E-state index is 0.0169. The molecule has 0 fully saturated rings. The lowest BCUT2D eigenvalue weighted by Crippen LogP contribution is -2.28. The van der Waals surface area contributed by atoms with Gasteiger partial charge < -0.3 is 10.1 Å². The van der Waals surface area contributed by atoms with Crippen LogP contribution in [0, 0.1) is 0 Å². The molecule has 1 unspecified atom stereocenters. The normalized spacial score (nSPS) is 12.5. The molecule has 0 saturated carbocycles. The molecule has 2 heterocycles. The molecule has 6 nitrogen and oxygen atoms in total. The molecule has 0 aliphatic heterocycles. The number of aromatic nitrogens is 3. The van der Waals surface area contributed by atoms with E-state index in [9.17, 15) is 18.0 Å². The lowest BCUT2D eigenvalue weighted by atomic mass is 10.0. The standard InChI is InChI=1S/C24H20ClF3N4O2/c1-3-17(14-8-5-4-6-9-14)30-23(33)21-20(25)22-29-18(15-10-7-11-16(12-15)34-2)13-19(24(26,27)28)32(22)31-21/h4-13,17H,3H2,1-2H3,(H,30,33). The zero-order chi connectivity index (χ0) is 24.5. The van der Waals surface area contributed by atoms with Gasteiger partial charge in [0.2, 0.25) is 0 Å². The van der Waals surface area contributed by atoms with Crippen LogP contribution in [-0.4, -0.2) is 27.6 Å². The monoisotopic (exact) mass is 488 g/mol. The molecule has 0 aliphatic carbocycles. The Morgan fingerprint density at radius 3 is 2.53 bits per heavy atom. The molecular formula is C24H20ClF3N4O2. The van der Waals surface area contributed by atoms with Crippen molar-refractivity contribution >= 4 is 23.2 Å². The van der Waals surface area contributed by atoms with Crippen LogP contribution in [0.5, 0.6) is 5.75 Å². The van der Waals surface area contributed by atoms with Gasteiger partial charge in [0.1, 0.15) is 10.8 Å². The number of nitrogens with zero attached hydrogens (tertiary/aromatic N) is 3. The van der Waals surface area contributed by atoms with E-state index in [1.165, 1.54) is 7.11 Å². The summed E-state index contributed by atoms with van der Waals surface area (Å²) in [6, 6.07) is 16.2. The molecule has 4 rings (SSSR count). The van der Waals surface area contributed by atoms with Gasteiger partial charge in [0.15, 0.2) is 17.0 Å². The Labute approximate surface area is 198 Å². The van der Waals surface area contributed by atoms with Crippen molar-refractivity contribution in [1.29, 1.82) is 0 Å². The highest BCUT2D eigenvalue weighted by atomic mass is 35.5. The summed E-state index contributed by atoms with van der Waals surface area (Å²) in [6.45, 7) is 1.88. The number of carbonyl (C=O) groups excluding carboxylic acids is 1. The van der Waals surface area contributed by atoms with Crippen molar-refractivity contribution in [1.82, 2.24) is 19.9 Å². The van der Waals surface area contributed by atoms with Gasteiger partial charge in [-0.05, 0) is 30.2 Å². The topological polar surface area (TPSA) is 68.5 Å². The molecule has 1 amide bonds. The average molecular weight is 489 g/mol. The second-order valence-electron chi connectivity index (χ2n) is 7.50. The third-order valence-corrected chi connectivity index (χ3v) is 5.67. The van der Waals surface area contributed by atoms with E-state index < -0.39 is 17.8 Å². The van der Waals surface area contributed by atoms with Crippen LogP contribution in [0.2, 0.25) is 5.02 Å². The Morgan fingerprint density at radius 1 is 1.15 bits per heavy atom. The van der Waals surface area contributed by atoms with Crippen LogP contribution in [-0.2, 0) is 6.18 Å². The second kappa shape index (κ2) is 9.34. The average Bonchev–Trinajstić information content (AvgIpc) is 3.18. The fourth-order valence-corrected chi connectivity index (χ4v) is 3.85. The number of fused-ring (bicyclic) bond motifs is 1. The van der Waals surface area contributed by atoms with E-state index in [0.29, 0.717) is 22.2 Å². The van der Waals surface area contributed by atoms with Gasteiger partial charge in [0.05, 0.1) is 18.8 Å². The molecule has 2 aromatic heterocycles. The molecule has 1 N–H and O–H groups in total. The zero-order valence-electron chi connectivity index (χ0n) is 18.2. The third-order valence-electron chi connectivity index (χ3n) is 5.32. The number of nitrogens with one attached hydrogen (secondary N) is 1. The van der Waals surface area contributed by atoms with Gasteiger partial charge in [0.25, 0.3) is 5.91 Å². The summed E-state index contributed by atoms with van der Waals surface area (Å²) in [6.07, 6.45) is -4.21. The molecule has 0 bridgehead atoms. The molecule has 2 aromatic carbocycles. The number of hydrogen-bond donors (Lipinski definition) is 1. The first-order chi connectivity index (χ1) is 16.2. The molecule has 0 radical (unpaired) electrons. The van der Waals surface area contributed by atoms with E-state index in [2.05, 4.69) is 15.4 Å². The Morgan fingerprint density at radius 2 is 1.88 bits per heavy atom. The Balaban J connectivity index is 1.80. The van der Waals surface area contributed by atoms with Crippen LogP contribution >= 0.6 is 11.6 Å². The van der Waals surface area contributed by atoms with Crippen LogP contribution in [0.3, 0.4) is 0 Å². The smallest absolute Gasteiger partial charge is 0.433 e. The number of benzene rings is 2. The van der Waals surface area contributed by atoms with Gasteiger partial charge in [-0.1, -0.05) is 61.0 Å². The minimum atomic E-state index is -4.77. The fraction of sp³-hybridized carbons (Fsp3) is 0.208. The van der Waals surface area contributed by atoms with Crippen molar-refractivity contribution in [2.75, 3.05) is 7.11 Å². The van der Waals surface area contributed by atoms with Gasteiger partial charge >= 0.3 is 6.18 Å². The fourth-order valence-electron chi connectivity index (χ4n) is 3.60. The van der Waals surface area contributed by atoms with Crippen LogP contribution < -0.4 is 10.1 Å². The van der Waals surface area contributed by atoms with Crippen molar-refractivity contribution in [3.05, 3.63) is 82.6 Å². The van der Waals surface area contributed by atoms with E-state index in [1.807, 2.05) is 37.3 Å². The van der Waals surface area contributed by atoms with E-state index in [4.69, 9.17) is 16.3 Å². The zero-order valence-corrected chi connectivity index (χ0v) is 19.0. The van der Waals surface area contributed by atoms with Crippen molar-refractivity contribution in [3.63, 3.8) is 0 Å². The van der Waals surface area contributed by atoms with E-state index in [1.54, 1.807) is 24.3 Å². The maximum atomic E-state index is 13.9. The summed E-state index contributed by atoms with van der Waals surface area (Å²) in [5.74, 6) is -0.235. The van der Waals surface area contributed by atoms with Crippen LogP contribution in [0.15, 0.2) is 60.7 Å². The lowest BCUT2D eigenvalue weighted by Gasteiger charge is -2.16. The van der Waals surface area contributed by atoms with Gasteiger partial charge in [-0.15, -0.1) is 0 Å². The molecule has 1 atom stereocenters.